The summed E-state index contributed by atoms with van der Waals surface area (Å²) in [5.74, 6) is -0.261. The first-order valence-corrected chi connectivity index (χ1v) is 9.36. The summed E-state index contributed by atoms with van der Waals surface area (Å²) >= 11 is 0. The van der Waals surface area contributed by atoms with Gasteiger partial charge in [-0.2, -0.15) is 0 Å². The number of fused-ring (bicyclic) bond motifs is 1. The maximum atomic E-state index is 13.1. The van der Waals surface area contributed by atoms with Crippen molar-refractivity contribution in [3.8, 4) is 5.75 Å². The lowest BCUT2D eigenvalue weighted by atomic mass is 9.73. The first-order valence-electron chi connectivity index (χ1n) is 9.36. The van der Waals surface area contributed by atoms with Gasteiger partial charge in [-0.15, -0.1) is 13.2 Å². The van der Waals surface area contributed by atoms with Crippen molar-refractivity contribution in [2.75, 3.05) is 10.6 Å². The minimum atomic E-state index is -4.74. The van der Waals surface area contributed by atoms with Gasteiger partial charge >= 0.3 is 6.36 Å². The van der Waals surface area contributed by atoms with Gasteiger partial charge in [-0.05, 0) is 41.7 Å². The monoisotopic (exact) mass is 402 g/mol. The van der Waals surface area contributed by atoms with E-state index in [0.29, 0.717) is 24.0 Å². The van der Waals surface area contributed by atoms with E-state index in [1.54, 1.807) is 12.1 Å². The van der Waals surface area contributed by atoms with Crippen LogP contribution >= 0.6 is 0 Å². The molecule has 29 heavy (non-hydrogen) atoms. The van der Waals surface area contributed by atoms with Gasteiger partial charge in [0.05, 0.1) is 17.4 Å². The quantitative estimate of drug-likeness (QED) is 0.666. The van der Waals surface area contributed by atoms with Gasteiger partial charge in [-0.25, -0.2) is 0 Å². The molecule has 4 nitrogen and oxygen atoms in total. The Morgan fingerprint density at radius 2 is 1.66 bits per heavy atom. The number of ether oxygens (including phenoxy) is 1. The third kappa shape index (κ3) is 4.09. The second kappa shape index (κ2) is 6.83. The van der Waals surface area contributed by atoms with Crippen molar-refractivity contribution >= 4 is 17.2 Å². The zero-order valence-electron chi connectivity index (χ0n) is 16.1. The highest BCUT2D eigenvalue weighted by atomic mass is 19.4. The number of anilines is 2. The van der Waals surface area contributed by atoms with Crippen LogP contribution in [0, 0.1) is 5.41 Å². The molecule has 0 aromatic heterocycles. The molecule has 2 aromatic rings. The van der Waals surface area contributed by atoms with Gasteiger partial charge < -0.3 is 15.4 Å². The second-order valence-electron chi connectivity index (χ2n) is 8.20. The summed E-state index contributed by atoms with van der Waals surface area (Å²) in [6.07, 6.45) is -3.63. The van der Waals surface area contributed by atoms with Crippen LogP contribution in [0.5, 0.6) is 5.75 Å². The first-order chi connectivity index (χ1) is 13.6. The van der Waals surface area contributed by atoms with Crippen molar-refractivity contribution in [3.63, 3.8) is 0 Å². The van der Waals surface area contributed by atoms with Gasteiger partial charge in [-0.1, -0.05) is 38.1 Å². The Labute approximate surface area is 166 Å². The van der Waals surface area contributed by atoms with E-state index in [-0.39, 0.29) is 16.9 Å². The lowest BCUT2D eigenvalue weighted by Gasteiger charge is -2.34. The lowest BCUT2D eigenvalue weighted by molar-refractivity contribution is -0.274. The van der Waals surface area contributed by atoms with Crippen LogP contribution in [0.2, 0.25) is 0 Å². The average Bonchev–Trinajstić information content (AvgIpc) is 2.76. The Morgan fingerprint density at radius 3 is 2.31 bits per heavy atom. The molecular formula is C22H21F3N2O2. The molecule has 0 unspecified atom stereocenters. The molecule has 1 atom stereocenters. The lowest BCUT2D eigenvalue weighted by Crippen LogP contribution is -2.31. The van der Waals surface area contributed by atoms with E-state index >= 15 is 0 Å². The van der Waals surface area contributed by atoms with Gasteiger partial charge in [0.2, 0.25) is 0 Å². The number of para-hydroxylation sites is 2. The van der Waals surface area contributed by atoms with Crippen LogP contribution in [0.15, 0.2) is 59.8 Å². The van der Waals surface area contributed by atoms with Crippen molar-refractivity contribution in [2.24, 2.45) is 5.41 Å². The van der Waals surface area contributed by atoms with E-state index in [1.165, 1.54) is 12.1 Å². The number of nitrogens with one attached hydrogen (secondary N) is 2. The molecule has 0 fully saturated rings. The summed E-state index contributed by atoms with van der Waals surface area (Å²) in [6, 6.07) is 12.8. The number of carbonyl (C=O) groups excluding carboxylic acids is 1. The first kappa shape index (κ1) is 19.4. The molecule has 0 amide bonds. The van der Waals surface area contributed by atoms with Crippen LogP contribution in [0.4, 0.5) is 24.5 Å². The zero-order chi connectivity index (χ0) is 20.8. The molecule has 1 aliphatic carbocycles. The topological polar surface area (TPSA) is 50.4 Å². The Morgan fingerprint density at radius 1 is 1.00 bits per heavy atom. The van der Waals surface area contributed by atoms with E-state index in [4.69, 9.17) is 0 Å². The summed E-state index contributed by atoms with van der Waals surface area (Å²) in [4.78, 5) is 13.1. The number of allylic oxidation sites excluding steroid dienone is 1. The fourth-order valence-corrected chi connectivity index (χ4v) is 4.00. The number of hydrogen-bond donors (Lipinski definition) is 2. The number of Topliss-reactive ketones (excluding diaryl/α,β-unsaturated/α-hetero) is 1. The molecule has 7 heteroatoms. The van der Waals surface area contributed by atoms with Crippen LogP contribution in [-0.2, 0) is 4.79 Å². The smallest absolute Gasteiger partial charge is 0.406 e. The van der Waals surface area contributed by atoms with Crippen molar-refractivity contribution in [2.45, 2.75) is 39.1 Å². The summed E-state index contributed by atoms with van der Waals surface area (Å²) in [7, 11) is 0. The van der Waals surface area contributed by atoms with Crippen molar-refractivity contribution in [3.05, 3.63) is 65.4 Å². The van der Waals surface area contributed by atoms with Crippen LogP contribution in [0.3, 0.4) is 0 Å². The third-order valence-electron chi connectivity index (χ3n) is 5.17. The number of halogens is 3. The molecule has 0 spiro atoms. The minimum Gasteiger partial charge on any atom is -0.406 e. The summed E-state index contributed by atoms with van der Waals surface area (Å²) in [5.41, 5.74) is 3.70. The molecule has 4 rings (SSSR count). The molecular weight excluding hydrogens is 381 g/mol. The number of ketones is 1. The normalized spacial score (nSPS) is 20.7. The molecule has 1 aliphatic heterocycles. The predicted octanol–water partition coefficient (Wildman–Crippen LogP) is 5.81. The van der Waals surface area contributed by atoms with E-state index in [1.807, 2.05) is 24.3 Å². The Hall–Kier alpha value is -2.96. The molecule has 0 saturated heterocycles. The number of hydrogen-bond acceptors (Lipinski definition) is 4. The van der Waals surface area contributed by atoms with E-state index in [0.717, 1.165) is 17.1 Å². The van der Waals surface area contributed by atoms with Crippen molar-refractivity contribution < 1.29 is 22.7 Å². The van der Waals surface area contributed by atoms with Gasteiger partial charge in [-0.3, -0.25) is 4.79 Å². The van der Waals surface area contributed by atoms with Crippen LogP contribution < -0.4 is 15.4 Å². The fraction of sp³-hybridized carbons (Fsp3) is 0.318. The summed E-state index contributed by atoms with van der Waals surface area (Å²) < 4.78 is 41.4. The van der Waals surface area contributed by atoms with Crippen molar-refractivity contribution in [1.29, 1.82) is 0 Å². The number of rotatable bonds is 2. The van der Waals surface area contributed by atoms with Crippen LogP contribution in [-0.4, -0.2) is 12.1 Å². The zero-order valence-corrected chi connectivity index (χ0v) is 16.1. The highest BCUT2D eigenvalue weighted by molar-refractivity contribution is 6.01. The minimum absolute atomic E-state index is 0.0321. The molecule has 1 heterocycles. The molecule has 152 valence electrons. The molecule has 0 radical (unpaired) electrons. The van der Waals surface area contributed by atoms with Crippen LogP contribution in [0.1, 0.15) is 38.3 Å². The number of alkyl halides is 3. The molecule has 0 bridgehead atoms. The van der Waals surface area contributed by atoms with Crippen molar-refractivity contribution in [1.82, 2.24) is 0 Å². The molecule has 2 aromatic carbocycles. The van der Waals surface area contributed by atoms with Gasteiger partial charge in [0, 0.05) is 17.7 Å². The second-order valence-corrected chi connectivity index (χ2v) is 8.20. The Kier molecular flexibility index (Phi) is 4.56. The highest BCUT2D eigenvalue weighted by Gasteiger charge is 2.38. The molecule has 0 saturated carbocycles. The Balaban J connectivity index is 1.77. The average molecular weight is 402 g/mol. The van der Waals surface area contributed by atoms with E-state index in [2.05, 4.69) is 29.2 Å². The SMILES string of the molecule is CC1(C)CC(=O)C2=C(C1)Nc1ccccc1N[C@@H]2c1ccc(OC(F)(F)F)cc1. The van der Waals surface area contributed by atoms with Crippen LogP contribution in [0.25, 0.3) is 0 Å². The molecule has 2 N–H and O–H groups in total. The number of benzene rings is 2. The summed E-state index contributed by atoms with van der Waals surface area (Å²) in [6.45, 7) is 4.11. The van der Waals surface area contributed by atoms with E-state index < -0.39 is 12.4 Å². The number of carbonyl (C=O) groups is 1. The van der Waals surface area contributed by atoms with E-state index in [9.17, 15) is 18.0 Å². The Bertz CT molecular complexity index is 978. The maximum absolute atomic E-state index is 13.1. The third-order valence-corrected chi connectivity index (χ3v) is 5.17. The van der Waals surface area contributed by atoms with Gasteiger partial charge in [0.15, 0.2) is 5.78 Å². The van der Waals surface area contributed by atoms with Gasteiger partial charge in [0.1, 0.15) is 5.75 Å². The maximum Gasteiger partial charge on any atom is 0.573 e. The highest BCUT2D eigenvalue weighted by Crippen LogP contribution is 2.45. The molecule has 2 aliphatic rings. The predicted molar refractivity (Wildman–Crippen MR) is 105 cm³/mol. The fourth-order valence-electron chi connectivity index (χ4n) is 4.00. The summed E-state index contributed by atoms with van der Waals surface area (Å²) in [5, 5.41) is 6.81. The van der Waals surface area contributed by atoms with Gasteiger partial charge in [0.25, 0.3) is 0 Å². The standard InChI is InChI=1S/C22H21F3N2O2/c1-21(2)11-17-19(18(28)12-21)20(27-16-6-4-3-5-15(16)26-17)13-7-9-14(10-8-13)29-22(23,24)25/h3-10,20,26-27H,11-12H2,1-2H3/t20-/m1/s1. The largest absolute Gasteiger partial charge is 0.573 e.